The zero-order valence-corrected chi connectivity index (χ0v) is 10.7. The molecule has 0 aromatic carbocycles. The molecule has 0 aliphatic carbocycles. The quantitative estimate of drug-likeness (QED) is 0.742. The first-order chi connectivity index (χ1) is 7.82. The number of carboxylic acid groups (broad SMARTS) is 1. The van der Waals surface area contributed by atoms with Crippen LogP contribution in [-0.4, -0.2) is 28.0 Å². The van der Waals surface area contributed by atoms with E-state index in [1.165, 1.54) is 0 Å². The SMILES string of the molecule is Cc1nc(N)sc1C(=O)N[C@@H](C(=O)O)C(C)C. The van der Waals surface area contributed by atoms with Crippen LogP contribution in [0.2, 0.25) is 0 Å². The summed E-state index contributed by atoms with van der Waals surface area (Å²) in [6, 6.07) is -0.912. The van der Waals surface area contributed by atoms with Crippen molar-refractivity contribution in [2.24, 2.45) is 5.92 Å². The summed E-state index contributed by atoms with van der Waals surface area (Å²) >= 11 is 1.05. The van der Waals surface area contributed by atoms with Gasteiger partial charge in [-0.25, -0.2) is 9.78 Å². The van der Waals surface area contributed by atoms with E-state index in [1.54, 1.807) is 20.8 Å². The summed E-state index contributed by atoms with van der Waals surface area (Å²) < 4.78 is 0. The highest BCUT2D eigenvalue weighted by Gasteiger charge is 2.25. The Morgan fingerprint density at radius 3 is 2.41 bits per heavy atom. The van der Waals surface area contributed by atoms with E-state index in [0.29, 0.717) is 15.7 Å². The number of nitrogens with two attached hydrogens (primary N) is 1. The summed E-state index contributed by atoms with van der Waals surface area (Å²) in [7, 11) is 0. The van der Waals surface area contributed by atoms with E-state index in [4.69, 9.17) is 10.8 Å². The molecule has 94 valence electrons. The maximum absolute atomic E-state index is 11.8. The molecule has 7 heteroatoms. The van der Waals surface area contributed by atoms with Gasteiger partial charge in [0.25, 0.3) is 5.91 Å². The highest BCUT2D eigenvalue weighted by molar-refractivity contribution is 7.17. The number of nitrogens with zero attached hydrogens (tertiary/aromatic N) is 1. The van der Waals surface area contributed by atoms with Crippen LogP contribution in [0.25, 0.3) is 0 Å². The first-order valence-corrected chi connectivity index (χ1v) is 5.91. The number of nitrogens with one attached hydrogen (secondary N) is 1. The van der Waals surface area contributed by atoms with Gasteiger partial charge in [-0.2, -0.15) is 0 Å². The number of aryl methyl sites for hydroxylation is 1. The molecule has 0 saturated heterocycles. The molecule has 0 radical (unpaired) electrons. The first-order valence-electron chi connectivity index (χ1n) is 5.09. The molecular formula is C10H15N3O3S. The van der Waals surface area contributed by atoms with Gasteiger partial charge in [-0.3, -0.25) is 4.79 Å². The van der Waals surface area contributed by atoms with E-state index in [1.807, 2.05) is 0 Å². The summed E-state index contributed by atoms with van der Waals surface area (Å²) in [6.45, 7) is 5.12. The summed E-state index contributed by atoms with van der Waals surface area (Å²) in [6.07, 6.45) is 0. The lowest BCUT2D eigenvalue weighted by molar-refractivity contribution is -0.140. The number of anilines is 1. The van der Waals surface area contributed by atoms with Crippen LogP contribution in [0.15, 0.2) is 0 Å². The summed E-state index contributed by atoms with van der Waals surface area (Å²) in [5.41, 5.74) is 5.99. The molecule has 0 aliphatic heterocycles. The Hall–Kier alpha value is -1.63. The Kier molecular flexibility index (Phi) is 4.06. The van der Waals surface area contributed by atoms with Crippen LogP contribution in [0, 0.1) is 12.8 Å². The molecule has 0 aliphatic rings. The third-order valence-corrected chi connectivity index (χ3v) is 3.22. The van der Waals surface area contributed by atoms with E-state index >= 15 is 0 Å². The van der Waals surface area contributed by atoms with E-state index in [9.17, 15) is 9.59 Å². The maximum atomic E-state index is 11.8. The molecule has 1 heterocycles. The molecule has 0 spiro atoms. The Labute approximate surface area is 103 Å². The van der Waals surface area contributed by atoms with Crippen LogP contribution in [0.3, 0.4) is 0 Å². The van der Waals surface area contributed by atoms with Crippen molar-refractivity contribution >= 4 is 28.3 Å². The lowest BCUT2D eigenvalue weighted by atomic mass is 10.0. The van der Waals surface area contributed by atoms with Gasteiger partial charge in [-0.15, -0.1) is 0 Å². The van der Waals surface area contributed by atoms with Crippen molar-refractivity contribution in [3.8, 4) is 0 Å². The number of nitrogen functional groups attached to an aromatic ring is 1. The Morgan fingerprint density at radius 1 is 1.47 bits per heavy atom. The minimum absolute atomic E-state index is 0.193. The number of amides is 1. The van der Waals surface area contributed by atoms with Crippen LogP contribution < -0.4 is 11.1 Å². The highest BCUT2D eigenvalue weighted by Crippen LogP contribution is 2.19. The number of hydrogen-bond acceptors (Lipinski definition) is 5. The smallest absolute Gasteiger partial charge is 0.326 e. The second-order valence-corrected chi connectivity index (χ2v) is 5.03. The van der Waals surface area contributed by atoms with Crippen LogP contribution in [0.4, 0.5) is 5.13 Å². The number of carboxylic acids is 1. The van der Waals surface area contributed by atoms with Crippen LogP contribution in [-0.2, 0) is 4.79 Å². The summed E-state index contributed by atoms with van der Waals surface area (Å²) in [5, 5.41) is 11.7. The van der Waals surface area contributed by atoms with E-state index in [-0.39, 0.29) is 5.92 Å². The Balaban J connectivity index is 2.85. The Bertz CT molecular complexity index is 442. The van der Waals surface area contributed by atoms with Crippen molar-refractivity contribution in [2.45, 2.75) is 26.8 Å². The lowest BCUT2D eigenvalue weighted by Gasteiger charge is -2.17. The normalized spacial score (nSPS) is 12.5. The van der Waals surface area contributed by atoms with Crippen LogP contribution in [0.1, 0.15) is 29.2 Å². The van der Waals surface area contributed by atoms with Gasteiger partial charge in [0.05, 0.1) is 5.69 Å². The van der Waals surface area contributed by atoms with Crippen molar-refractivity contribution in [2.75, 3.05) is 5.73 Å². The standard InChI is InChI=1S/C10H15N3O3S/c1-4(2)6(9(15)16)13-8(14)7-5(3)12-10(11)17-7/h4,6H,1-3H3,(H2,11,12)(H,13,14)(H,15,16)/t6-/m1/s1. The number of hydrogen-bond donors (Lipinski definition) is 3. The number of carbonyl (C=O) groups is 2. The predicted octanol–water partition coefficient (Wildman–Crippen LogP) is 0.873. The molecule has 1 aromatic heterocycles. The van der Waals surface area contributed by atoms with Gasteiger partial charge in [0.2, 0.25) is 0 Å². The second-order valence-electron chi connectivity index (χ2n) is 4.00. The zero-order valence-electron chi connectivity index (χ0n) is 9.85. The number of aromatic nitrogens is 1. The maximum Gasteiger partial charge on any atom is 0.326 e. The lowest BCUT2D eigenvalue weighted by Crippen LogP contribution is -2.44. The van der Waals surface area contributed by atoms with Crippen molar-refractivity contribution in [3.05, 3.63) is 10.6 Å². The molecule has 1 aromatic rings. The van der Waals surface area contributed by atoms with Gasteiger partial charge in [-0.1, -0.05) is 25.2 Å². The van der Waals surface area contributed by atoms with Gasteiger partial charge >= 0.3 is 5.97 Å². The van der Waals surface area contributed by atoms with E-state index in [2.05, 4.69) is 10.3 Å². The molecule has 17 heavy (non-hydrogen) atoms. The minimum Gasteiger partial charge on any atom is -0.480 e. The van der Waals surface area contributed by atoms with Crippen LogP contribution in [0.5, 0.6) is 0 Å². The van der Waals surface area contributed by atoms with E-state index < -0.39 is 17.9 Å². The Morgan fingerprint density at radius 2 is 2.06 bits per heavy atom. The predicted molar refractivity (Wildman–Crippen MR) is 65.0 cm³/mol. The minimum atomic E-state index is -1.05. The van der Waals surface area contributed by atoms with Gasteiger partial charge in [0.1, 0.15) is 10.9 Å². The molecule has 6 nitrogen and oxygen atoms in total. The fourth-order valence-corrected chi connectivity index (χ4v) is 2.08. The monoisotopic (exact) mass is 257 g/mol. The fourth-order valence-electron chi connectivity index (χ4n) is 1.35. The molecule has 1 atom stereocenters. The molecule has 1 rings (SSSR count). The van der Waals surface area contributed by atoms with Crippen molar-refractivity contribution in [3.63, 3.8) is 0 Å². The topological polar surface area (TPSA) is 105 Å². The first kappa shape index (κ1) is 13.4. The highest BCUT2D eigenvalue weighted by atomic mass is 32.1. The number of rotatable bonds is 4. The van der Waals surface area contributed by atoms with Crippen molar-refractivity contribution < 1.29 is 14.7 Å². The molecule has 0 fully saturated rings. The van der Waals surface area contributed by atoms with Crippen LogP contribution >= 0.6 is 11.3 Å². The second kappa shape index (κ2) is 5.13. The average Bonchev–Trinajstić information content (AvgIpc) is 2.53. The third kappa shape index (κ3) is 3.16. The molecular weight excluding hydrogens is 242 g/mol. The molecule has 0 bridgehead atoms. The van der Waals surface area contributed by atoms with Gasteiger partial charge in [0, 0.05) is 0 Å². The molecule has 0 unspecified atom stereocenters. The van der Waals surface area contributed by atoms with Gasteiger partial charge < -0.3 is 16.2 Å². The fraction of sp³-hybridized carbons (Fsp3) is 0.500. The molecule has 4 N–H and O–H groups in total. The third-order valence-electron chi connectivity index (χ3n) is 2.24. The summed E-state index contributed by atoms with van der Waals surface area (Å²) in [5.74, 6) is -1.69. The van der Waals surface area contributed by atoms with Crippen molar-refractivity contribution in [1.29, 1.82) is 0 Å². The molecule has 1 amide bonds. The number of thiazole rings is 1. The average molecular weight is 257 g/mol. The number of aliphatic carboxylic acids is 1. The van der Waals surface area contributed by atoms with Gasteiger partial charge in [0.15, 0.2) is 5.13 Å². The summed E-state index contributed by atoms with van der Waals surface area (Å²) in [4.78, 5) is 27.1. The van der Waals surface area contributed by atoms with E-state index in [0.717, 1.165) is 11.3 Å². The van der Waals surface area contributed by atoms with Gasteiger partial charge in [-0.05, 0) is 12.8 Å². The zero-order chi connectivity index (χ0) is 13.2. The molecule has 0 saturated carbocycles. The van der Waals surface area contributed by atoms with Crippen molar-refractivity contribution in [1.82, 2.24) is 10.3 Å². The number of carbonyl (C=O) groups excluding carboxylic acids is 1. The largest absolute Gasteiger partial charge is 0.480 e.